The first-order valence-electron chi connectivity index (χ1n) is 8.79. The molecule has 2 fully saturated rings. The summed E-state index contributed by atoms with van der Waals surface area (Å²) in [6, 6.07) is 0. The van der Waals surface area contributed by atoms with Crippen molar-refractivity contribution in [3.8, 4) is 0 Å². The molecule has 0 unspecified atom stereocenters. The predicted molar refractivity (Wildman–Crippen MR) is 86.0 cm³/mol. The molecule has 0 saturated carbocycles. The molecule has 1 aromatic heterocycles. The molecule has 2 N–H and O–H groups in total. The summed E-state index contributed by atoms with van der Waals surface area (Å²) in [5, 5.41) is 4.40. The predicted octanol–water partition coefficient (Wildman–Crippen LogP) is 0.112. The second-order valence-electron chi connectivity index (χ2n) is 7.29. The van der Waals surface area contributed by atoms with Crippen molar-refractivity contribution in [3.05, 3.63) is 17.5 Å². The number of ether oxygens (including phenoxy) is 1. The first-order valence-corrected chi connectivity index (χ1v) is 8.79. The fourth-order valence-corrected chi connectivity index (χ4v) is 4.45. The van der Waals surface area contributed by atoms with Crippen molar-refractivity contribution in [2.24, 2.45) is 17.1 Å². The van der Waals surface area contributed by atoms with Gasteiger partial charge in [-0.25, -0.2) is 0 Å². The largest absolute Gasteiger partial charge is 0.381 e. The minimum Gasteiger partial charge on any atom is -0.381 e. The fraction of sp³-hybridized carbons (Fsp3) is 0.706. The molecule has 2 amide bonds. The normalized spacial score (nSPS) is 29.2. The van der Waals surface area contributed by atoms with E-state index in [9.17, 15) is 9.59 Å². The topological polar surface area (TPSA) is 90.5 Å². The minimum absolute atomic E-state index is 0.0220. The van der Waals surface area contributed by atoms with E-state index in [1.54, 1.807) is 4.90 Å². The van der Waals surface area contributed by atoms with Gasteiger partial charge in [-0.05, 0) is 25.7 Å². The molecule has 2 saturated heterocycles. The van der Waals surface area contributed by atoms with Crippen molar-refractivity contribution >= 4 is 11.8 Å². The summed E-state index contributed by atoms with van der Waals surface area (Å²) in [4.78, 5) is 26.7. The zero-order valence-electron chi connectivity index (χ0n) is 13.9. The smallest absolute Gasteiger partial charge is 0.227 e. The summed E-state index contributed by atoms with van der Waals surface area (Å²) in [6.45, 7) is 2.98. The highest BCUT2D eigenvalue weighted by Gasteiger charge is 2.53. The summed E-state index contributed by atoms with van der Waals surface area (Å²) in [6.07, 6.45) is 6.09. The molecule has 0 spiro atoms. The maximum atomic E-state index is 12.8. The standard InChI is InChI=1S/C17H24N4O3/c18-16(23)17-4-6-24-10-13(17)9-20(11-17)15(22)7-12-8-19-21-5-2-1-3-14(12)21/h8,13H,1-7,9-11H2,(H2,18,23)/t13-,17+/m1/s1. The molecule has 3 aliphatic heterocycles. The SMILES string of the molecule is NC(=O)[C@]12CCOC[C@H]1CN(C(=O)Cc1cnn3c1CCCC3)C2. The van der Waals surface area contributed by atoms with Gasteiger partial charge in [0.05, 0.1) is 24.6 Å². The Bertz CT molecular complexity index is 671. The van der Waals surface area contributed by atoms with Crippen molar-refractivity contribution in [1.82, 2.24) is 14.7 Å². The number of carbonyl (C=O) groups excluding carboxylic acids is 2. The zero-order valence-corrected chi connectivity index (χ0v) is 13.9. The summed E-state index contributed by atoms with van der Waals surface area (Å²) < 4.78 is 7.53. The molecule has 130 valence electrons. The van der Waals surface area contributed by atoms with E-state index in [0.29, 0.717) is 39.1 Å². The van der Waals surface area contributed by atoms with E-state index in [-0.39, 0.29) is 17.7 Å². The zero-order chi connectivity index (χ0) is 16.7. The number of hydrogen-bond donors (Lipinski definition) is 1. The number of fused-ring (bicyclic) bond motifs is 2. The van der Waals surface area contributed by atoms with E-state index < -0.39 is 5.41 Å². The quantitative estimate of drug-likeness (QED) is 0.851. The summed E-state index contributed by atoms with van der Waals surface area (Å²) >= 11 is 0. The molecule has 1 aromatic rings. The Labute approximate surface area is 141 Å². The van der Waals surface area contributed by atoms with Gasteiger partial charge in [0.25, 0.3) is 0 Å². The average molecular weight is 332 g/mol. The third-order valence-electron chi connectivity index (χ3n) is 5.96. The third-order valence-corrected chi connectivity index (χ3v) is 5.96. The van der Waals surface area contributed by atoms with Crippen LogP contribution in [0.5, 0.6) is 0 Å². The van der Waals surface area contributed by atoms with Crippen LogP contribution < -0.4 is 5.73 Å². The van der Waals surface area contributed by atoms with E-state index in [1.165, 1.54) is 5.69 Å². The Balaban J connectivity index is 1.49. The van der Waals surface area contributed by atoms with Crippen LogP contribution >= 0.6 is 0 Å². The first kappa shape index (κ1) is 15.6. The number of aryl methyl sites for hydroxylation is 1. The first-order chi connectivity index (χ1) is 11.6. The van der Waals surface area contributed by atoms with Crippen molar-refractivity contribution in [3.63, 3.8) is 0 Å². The van der Waals surface area contributed by atoms with E-state index in [0.717, 1.165) is 31.4 Å². The minimum atomic E-state index is -0.605. The second-order valence-corrected chi connectivity index (χ2v) is 7.29. The van der Waals surface area contributed by atoms with E-state index >= 15 is 0 Å². The highest BCUT2D eigenvalue weighted by Crippen LogP contribution is 2.42. The van der Waals surface area contributed by atoms with Crippen molar-refractivity contribution < 1.29 is 14.3 Å². The molecule has 7 heteroatoms. The molecule has 0 radical (unpaired) electrons. The van der Waals surface area contributed by atoms with Gasteiger partial charge in [-0.2, -0.15) is 5.10 Å². The molecule has 0 bridgehead atoms. The Hall–Kier alpha value is -1.89. The lowest BCUT2D eigenvalue weighted by Crippen LogP contribution is -2.48. The van der Waals surface area contributed by atoms with Crippen LogP contribution in [0.25, 0.3) is 0 Å². The number of nitrogens with two attached hydrogens (primary N) is 1. The van der Waals surface area contributed by atoms with Gasteiger partial charge in [0.1, 0.15) is 0 Å². The van der Waals surface area contributed by atoms with E-state index in [2.05, 4.69) is 5.10 Å². The maximum Gasteiger partial charge on any atom is 0.227 e. The van der Waals surface area contributed by atoms with Gasteiger partial charge in [-0.15, -0.1) is 0 Å². The van der Waals surface area contributed by atoms with Crippen LogP contribution in [0.15, 0.2) is 6.20 Å². The fourth-order valence-electron chi connectivity index (χ4n) is 4.45. The Kier molecular flexibility index (Phi) is 3.83. The van der Waals surface area contributed by atoms with Crippen LogP contribution in [0.2, 0.25) is 0 Å². The molecular formula is C17H24N4O3. The molecule has 0 aromatic carbocycles. The molecule has 4 rings (SSSR count). The number of likely N-dealkylation sites (tertiary alicyclic amines) is 1. The second kappa shape index (κ2) is 5.88. The third kappa shape index (κ3) is 2.42. The molecule has 24 heavy (non-hydrogen) atoms. The summed E-state index contributed by atoms with van der Waals surface area (Å²) in [7, 11) is 0. The van der Waals surface area contributed by atoms with Gasteiger partial charge in [-0.3, -0.25) is 14.3 Å². The van der Waals surface area contributed by atoms with Gasteiger partial charge >= 0.3 is 0 Å². The number of primary amides is 1. The molecule has 3 aliphatic rings. The van der Waals surface area contributed by atoms with Gasteiger partial charge in [0, 0.05) is 43.4 Å². The highest BCUT2D eigenvalue weighted by atomic mass is 16.5. The van der Waals surface area contributed by atoms with Gasteiger partial charge in [0.15, 0.2) is 0 Å². The summed E-state index contributed by atoms with van der Waals surface area (Å²) in [5.41, 5.74) is 7.30. The van der Waals surface area contributed by atoms with Gasteiger partial charge in [-0.1, -0.05) is 0 Å². The lowest BCUT2D eigenvalue weighted by Gasteiger charge is -2.34. The number of rotatable bonds is 3. The number of aromatic nitrogens is 2. The van der Waals surface area contributed by atoms with Gasteiger partial charge in [0.2, 0.25) is 11.8 Å². The molecule has 0 aliphatic carbocycles. The Morgan fingerprint density at radius 2 is 2.29 bits per heavy atom. The highest BCUT2D eigenvalue weighted by molar-refractivity contribution is 5.85. The lowest BCUT2D eigenvalue weighted by molar-refractivity contribution is -0.136. The van der Waals surface area contributed by atoms with Crippen LogP contribution in [-0.4, -0.2) is 52.8 Å². The number of carbonyl (C=O) groups is 2. The molecule has 4 heterocycles. The van der Waals surface area contributed by atoms with E-state index in [1.807, 2.05) is 10.9 Å². The number of nitrogens with zero attached hydrogens (tertiary/aromatic N) is 3. The van der Waals surface area contributed by atoms with Crippen molar-refractivity contribution in [2.75, 3.05) is 26.3 Å². The van der Waals surface area contributed by atoms with Crippen LogP contribution in [0, 0.1) is 11.3 Å². The molecule has 2 atom stereocenters. The average Bonchev–Trinajstić information content (AvgIpc) is 3.17. The molecule has 7 nitrogen and oxygen atoms in total. The number of amides is 2. The van der Waals surface area contributed by atoms with Crippen LogP contribution in [0.4, 0.5) is 0 Å². The Morgan fingerprint density at radius 3 is 3.08 bits per heavy atom. The Morgan fingerprint density at radius 1 is 1.42 bits per heavy atom. The summed E-state index contributed by atoms with van der Waals surface area (Å²) in [5.74, 6) is -0.214. The van der Waals surface area contributed by atoms with E-state index in [4.69, 9.17) is 10.5 Å². The maximum absolute atomic E-state index is 12.8. The van der Waals surface area contributed by atoms with Gasteiger partial charge < -0.3 is 15.4 Å². The number of hydrogen-bond acceptors (Lipinski definition) is 4. The monoisotopic (exact) mass is 332 g/mol. The molecular weight excluding hydrogens is 308 g/mol. The van der Waals surface area contributed by atoms with Crippen molar-refractivity contribution in [2.45, 2.75) is 38.6 Å². The van der Waals surface area contributed by atoms with Crippen LogP contribution in [0.1, 0.15) is 30.5 Å². The lowest BCUT2D eigenvalue weighted by atomic mass is 9.74. The van der Waals surface area contributed by atoms with Crippen LogP contribution in [0.3, 0.4) is 0 Å². The van der Waals surface area contributed by atoms with Crippen LogP contribution in [-0.2, 0) is 33.7 Å². The van der Waals surface area contributed by atoms with Crippen molar-refractivity contribution in [1.29, 1.82) is 0 Å².